The van der Waals surface area contributed by atoms with Gasteiger partial charge in [0, 0.05) is 51.4 Å². The van der Waals surface area contributed by atoms with Gasteiger partial charge in [0.1, 0.15) is 22.8 Å². The summed E-state index contributed by atoms with van der Waals surface area (Å²) in [6.07, 6.45) is -3.56. The number of rotatable bonds is 20. The number of likely N-dealkylation sites (tertiary alicyclic amines) is 4. The van der Waals surface area contributed by atoms with Crippen LogP contribution in [0.1, 0.15) is 64.2 Å². The van der Waals surface area contributed by atoms with Crippen molar-refractivity contribution in [2.24, 2.45) is 0 Å². The van der Waals surface area contributed by atoms with Gasteiger partial charge in [-0.2, -0.15) is 16.8 Å². The second-order valence-corrected chi connectivity index (χ2v) is 19.1. The van der Waals surface area contributed by atoms with Gasteiger partial charge < -0.3 is 40.9 Å². The van der Waals surface area contributed by atoms with Crippen LogP contribution in [0.2, 0.25) is 0 Å². The first kappa shape index (κ1) is 59.8. The maximum atomic E-state index is 12.2. The van der Waals surface area contributed by atoms with Crippen LogP contribution in [0.25, 0.3) is 0 Å². The fourth-order valence-electron chi connectivity index (χ4n) is 5.91. The molecule has 0 aromatic rings. The summed E-state index contributed by atoms with van der Waals surface area (Å²) in [5, 5.41) is 58.0. The monoisotopic (exact) mass is 1060 g/mol. The van der Waals surface area contributed by atoms with Crippen LogP contribution in [0.3, 0.4) is 0 Å². The zero-order valence-electron chi connectivity index (χ0n) is 34.2. The first-order valence-electron chi connectivity index (χ1n) is 18.5. The van der Waals surface area contributed by atoms with Gasteiger partial charge in [0.15, 0.2) is 0 Å². The Balaban J connectivity index is 0.000000558. The van der Waals surface area contributed by atoms with E-state index in [0.29, 0.717) is 9.80 Å². The van der Waals surface area contributed by atoms with Crippen LogP contribution in [0.4, 0.5) is 0 Å². The molecule has 6 unspecified atom stereocenters. The summed E-state index contributed by atoms with van der Waals surface area (Å²) in [6.45, 7) is -0.250. The van der Waals surface area contributed by atoms with E-state index >= 15 is 0 Å². The molecular weight excluding hydrogens is 1020 g/mol. The minimum atomic E-state index is -5.51. The highest BCUT2D eigenvalue weighted by molar-refractivity contribution is 8.77. The fourth-order valence-corrected chi connectivity index (χ4v) is 12.0. The van der Waals surface area contributed by atoms with Crippen LogP contribution in [-0.2, 0) is 87.4 Å². The summed E-state index contributed by atoms with van der Waals surface area (Å²) in [5.74, 6) is -16.9. The maximum Gasteiger partial charge on any atom is 0.327 e. The SMILES string of the molecule is O=C(O)C(C(SSC(C(C(=O)O)S(=O)(=O)O)N1C(=O)CCC1=O)N1C(=O)CCC1=O)S(=O)(=O)O.O=C(O)CC(C(=O)O)N1C(=O)CCC1=O.O=C(O)CC(C(=O)O)N1C(=O)CCC1=O.OCCO. The van der Waals surface area contributed by atoms with E-state index in [2.05, 4.69) is 0 Å². The van der Waals surface area contributed by atoms with Crippen molar-refractivity contribution in [1.82, 2.24) is 19.6 Å². The van der Waals surface area contributed by atoms with Crippen LogP contribution in [-0.4, -0.2) is 216 Å². The molecule has 4 aliphatic rings. The number of aliphatic hydroxyl groups excluding tert-OH is 2. The summed E-state index contributed by atoms with van der Waals surface area (Å²) >= 11 is 0. The number of carbonyl (C=O) groups is 14. The van der Waals surface area contributed by atoms with E-state index < -0.39 is 175 Å². The molecule has 68 heavy (non-hydrogen) atoms. The summed E-state index contributed by atoms with van der Waals surface area (Å²) in [4.78, 5) is 160. The smallest absolute Gasteiger partial charge is 0.327 e. The molecule has 0 spiro atoms. The minimum Gasteiger partial charge on any atom is -0.481 e. The lowest BCUT2D eigenvalue weighted by atomic mass is 10.2. The average Bonchev–Trinajstić information content (AvgIpc) is 3.93. The molecular formula is C32H40N4O28S4. The molecule has 380 valence electrons. The topological polar surface area (TPSA) is 523 Å². The molecule has 4 saturated heterocycles. The fraction of sp³-hybridized carbons (Fsp3) is 0.562. The van der Waals surface area contributed by atoms with E-state index in [1.165, 1.54) is 0 Å². The number of aliphatic hydroxyl groups is 2. The normalized spacial score (nSPS) is 18.9. The summed E-state index contributed by atoms with van der Waals surface area (Å²) < 4.78 is 65.8. The molecule has 0 aromatic heterocycles. The Morgan fingerprint density at radius 2 is 0.618 bits per heavy atom. The Morgan fingerprint density at radius 3 is 0.765 bits per heavy atom. The van der Waals surface area contributed by atoms with Crippen molar-refractivity contribution in [1.29, 1.82) is 0 Å². The standard InChI is InChI=1S/C14H16N2O14S4.2C8H9NO6.C2H6O2/c17-5-1-2-6(18)15(5)11(9(13(21)22)33(25,26)27)31-32-12(10(14(23)24)34(28,29)30)16-7(19)3-4-8(16)20;2*10-5-1-2-6(11)9(5)4(8(14)15)3-7(12)13;3-1-2-4/h9-12H,1-4H2,(H,21,22)(H,23,24)(H,25,26,27)(H,28,29,30);2*4H,1-3H2,(H,12,13)(H,14,15);3-4H,1-2H2. The molecule has 0 aliphatic carbocycles. The largest absolute Gasteiger partial charge is 0.481 e. The summed E-state index contributed by atoms with van der Waals surface area (Å²) in [7, 11) is -11.1. The van der Waals surface area contributed by atoms with Crippen LogP contribution < -0.4 is 0 Å². The van der Waals surface area contributed by atoms with Gasteiger partial charge in [-0.3, -0.25) is 86.2 Å². The lowest BCUT2D eigenvalue weighted by molar-refractivity contribution is -0.157. The Labute approximate surface area is 388 Å². The quantitative estimate of drug-likeness (QED) is 0.0310. The van der Waals surface area contributed by atoms with Gasteiger partial charge in [-0.25, -0.2) is 9.59 Å². The zero-order valence-corrected chi connectivity index (χ0v) is 37.5. The van der Waals surface area contributed by atoms with E-state index in [0.717, 1.165) is 0 Å². The van der Waals surface area contributed by atoms with Crippen LogP contribution in [0.5, 0.6) is 0 Å². The van der Waals surface area contributed by atoms with Gasteiger partial charge in [0.2, 0.25) is 57.8 Å². The van der Waals surface area contributed by atoms with Crippen molar-refractivity contribution in [3.05, 3.63) is 0 Å². The maximum absolute atomic E-state index is 12.2. The Kier molecular flexibility index (Phi) is 22.7. The molecule has 36 heteroatoms. The lowest BCUT2D eigenvalue weighted by Gasteiger charge is -2.32. The van der Waals surface area contributed by atoms with E-state index in [4.69, 9.17) is 30.6 Å². The van der Waals surface area contributed by atoms with Gasteiger partial charge in [-0.15, -0.1) is 0 Å². The lowest BCUT2D eigenvalue weighted by Crippen LogP contribution is -2.52. The predicted molar refractivity (Wildman–Crippen MR) is 215 cm³/mol. The van der Waals surface area contributed by atoms with E-state index in [9.17, 15) is 103 Å². The predicted octanol–water partition coefficient (Wildman–Crippen LogP) is -4.90. The minimum absolute atomic E-state index is 0.0533. The van der Waals surface area contributed by atoms with Crippen molar-refractivity contribution >= 4 is 125 Å². The van der Waals surface area contributed by atoms with Crippen molar-refractivity contribution in [2.45, 2.75) is 97.5 Å². The number of hydrogen-bond donors (Lipinski definition) is 10. The second kappa shape index (κ2) is 25.8. The van der Waals surface area contributed by atoms with Gasteiger partial charge in [-0.05, 0) is 0 Å². The number of carboxylic acids is 6. The highest BCUT2D eigenvalue weighted by Crippen LogP contribution is 2.42. The van der Waals surface area contributed by atoms with Crippen LogP contribution >= 0.6 is 21.6 Å². The first-order chi connectivity index (χ1) is 31.3. The third kappa shape index (κ3) is 16.6. The Hall–Kier alpha value is -6.18. The van der Waals surface area contributed by atoms with Crippen LogP contribution in [0, 0.1) is 0 Å². The molecule has 0 saturated carbocycles. The second-order valence-electron chi connectivity index (χ2n) is 13.5. The number of imide groups is 4. The van der Waals surface area contributed by atoms with Gasteiger partial charge >= 0.3 is 35.8 Å². The molecule has 32 nitrogen and oxygen atoms in total. The highest BCUT2D eigenvalue weighted by Gasteiger charge is 2.53. The number of nitrogens with zero attached hydrogens (tertiary/aromatic N) is 4. The third-order valence-electron chi connectivity index (χ3n) is 8.80. The number of carbonyl (C=O) groups excluding carboxylic acids is 8. The van der Waals surface area contributed by atoms with E-state index in [-0.39, 0.29) is 70.3 Å². The molecule has 4 aliphatic heterocycles. The first-order valence-corrected chi connectivity index (χ1v) is 23.8. The van der Waals surface area contributed by atoms with Crippen molar-refractivity contribution in [3.8, 4) is 0 Å². The average molecular weight is 1060 g/mol. The molecule has 8 amide bonds. The number of carboxylic acid groups (broad SMARTS) is 6. The van der Waals surface area contributed by atoms with Crippen molar-refractivity contribution in [3.63, 3.8) is 0 Å². The summed E-state index contributed by atoms with van der Waals surface area (Å²) in [6, 6.07) is -3.19. The highest BCUT2D eigenvalue weighted by atomic mass is 33.1. The van der Waals surface area contributed by atoms with Crippen molar-refractivity contribution in [2.75, 3.05) is 13.2 Å². The Bertz CT molecular complexity index is 2080. The number of aliphatic carboxylic acids is 6. The van der Waals surface area contributed by atoms with Crippen molar-refractivity contribution < 1.29 is 134 Å². The summed E-state index contributed by atoms with van der Waals surface area (Å²) in [5.41, 5.74) is 0. The van der Waals surface area contributed by atoms with Crippen LogP contribution in [0.15, 0.2) is 0 Å². The number of amides is 8. The molecule has 10 N–H and O–H groups in total. The van der Waals surface area contributed by atoms with E-state index in [1.54, 1.807) is 0 Å². The molecule has 0 radical (unpaired) electrons. The van der Waals surface area contributed by atoms with E-state index in [1.807, 2.05) is 0 Å². The zero-order chi connectivity index (χ0) is 52.8. The molecule has 6 atom stereocenters. The molecule has 0 bridgehead atoms. The molecule has 4 rings (SSSR count). The molecule has 0 aromatic carbocycles. The third-order valence-corrected chi connectivity index (χ3v) is 14.3. The van der Waals surface area contributed by atoms with Gasteiger partial charge in [0.25, 0.3) is 20.2 Å². The van der Waals surface area contributed by atoms with Gasteiger partial charge in [-0.1, -0.05) is 21.6 Å². The number of hydrogen-bond acceptors (Lipinski definition) is 22. The van der Waals surface area contributed by atoms with Gasteiger partial charge in [0.05, 0.1) is 26.1 Å². The molecule has 4 fully saturated rings. The molecule has 4 heterocycles. The Morgan fingerprint density at radius 1 is 0.412 bits per heavy atom.